The van der Waals surface area contributed by atoms with Crippen LogP contribution in [-0.2, 0) is 11.2 Å². The average Bonchev–Trinajstić information content (AvgIpc) is 3.19. The van der Waals surface area contributed by atoms with Gasteiger partial charge in [-0.25, -0.2) is 0 Å². The summed E-state index contributed by atoms with van der Waals surface area (Å²) in [6.07, 6.45) is 10.9. The van der Waals surface area contributed by atoms with Crippen molar-refractivity contribution in [2.45, 2.75) is 63.5 Å². The average molecular weight is 422 g/mol. The minimum Gasteiger partial charge on any atom is -0.391 e. The Hall–Kier alpha value is -1.98. The Morgan fingerprint density at radius 3 is 2.58 bits per heavy atom. The van der Waals surface area contributed by atoms with E-state index in [0.29, 0.717) is 13.1 Å². The van der Waals surface area contributed by atoms with Gasteiger partial charge in [-0.1, -0.05) is 37.5 Å². The lowest BCUT2D eigenvalue weighted by Gasteiger charge is -2.39. The molecule has 2 atom stereocenters. The number of aliphatic hydroxyl groups is 1. The molecule has 0 unspecified atom stereocenters. The van der Waals surface area contributed by atoms with E-state index in [0.717, 1.165) is 49.3 Å². The first-order chi connectivity index (χ1) is 15.2. The summed E-state index contributed by atoms with van der Waals surface area (Å²) < 4.78 is 0. The normalized spacial score (nSPS) is 26.5. The van der Waals surface area contributed by atoms with Crippen LogP contribution < -0.4 is 0 Å². The molecular weight excluding hydrogens is 386 g/mol. The maximum absolute atomic E-state index is 13.2. The van der Waals surface area contributed by atoms with E-state index in [4.69, 9.17) is 0 Å². The molecule has 31 heavy (non-hydrogen) atoms. The van der Waals surface area contributed by atoms with Gasteiger partial charge in [0.1, 0.15) is 0 Å². The molecule has 1 amide bonds. The first-order valence-corrected chi connectivity index (χ1v) is 12.2. The highest BCUT2D eigenvalue weighted by molar-refractivity contribution is 5.82. The number of hydrogen-bond donors (Lipinski definition) is 1. The van der Waals surface area contributed by atoms with Crippen molar-refractivity contribution in [2.75, 3.05) is 26.2 Å². The number of likely N-dealkylation sites (tertiary alicyclic amines) is 2. The van der Waals surface area contributed by atoms with Gasteiger partial charge >= 0.3 is 0 Å². The predicted molar refractivity (Wildman–Crippen MR) is 123 cm³/mol. The van der Waals surface area contributed by atoms with Crippen LogP contribution in [0.25, 0.3) is 10.9 Å². The first-order valence-electron chi connectivity index (χ1n) is 12.2. The highest BCUT2D eigenvalue weighted by Gasteiger charge is 2.38. The highest BCUT2D eigenvalue weighted by Crippen LogP contribution is 2.30. The number of hydrogen-bond acceptors (Lipinski definition) is 4. The van der Waals surface area contributed by atoms with Crippen molar-refractivity contribution in [3.63, 3.8) is 0 Å². The van der Waals surface area contributed by atoms with Crippen molar-refractivity contribution in [2.24, 2.45) is 11.8 Å². The van der Waals surface area contributed by atoms with Crippen LogP contribution in [0.4, 0.5) is 0 Å². The van der Waals surface area contributed by atoms with E-state index in [1.165, 1.54) is 37.7 Å². The number of carbonyl (C=O) groups is 1. The van der Waals surface area contributed by atoms with Crippen molar-refractivity contribution >= 4 is 16.8 Å². The lowest BCUT2D eigenvalue weighted by Crippen LogP contribution is -2.46. The molecule has 166 valence electrons. The number of benzene rings is 1. The fourth-order valence-corrected chi connectivity index (χ4v) is 6.07. The lowest BCUT2D eigenvalue weighted by molar-refractivity contribution is -0.136. The number of β-amino-alcohol motifs (C(OH)–C–C–N with tert-alkyl or cyclic N) is 1. The van der Waals surface area contributed by atoms with Gasteiger partial charge in [-0.2, -0.15) is 0 Å². The van der Waals surface area contributed by atoms with Crippen LogP contribution >= 0.6 is 0 Å². The monoisotopic (exact) mass is 421 g/mol. The standard InChI is InChI=1S/C26H35N3O2/c30-25-18-29(17-21(25)16-20-10-13-27-24-9-5-4-8-23(20)24)26(31)19-11-14-28(15-12-19)22-6-2-1-3-7-22/h4-5,8-10,13,19,21-22,25,30H,1-3,6-7,11-12,14-18H2/t21-,25-/m1/s1. The molecule has 1 N–H and O–H groups in total. The quantitative estimate of drug-likeness (QED) is 0.819. The zero-order valence-electron chi connectivity index (χ0n) is 18.5. The Morgan fingerprint density at radius 2 is 1.77 bits per heavy atom. The minimum absolute atomic E-state index is 0.0945. The summed E-state index contributed by atoms with van der Waals surface area (Å²) >= 11 is 0. The highest BCUT2D eigenvalue weighted by atomic mass is 16.3. The van der Waals surface area contributed by atoms with Crippen LogP contribution in [0, 0.1) is 11.8 Å². The summed E-state index contributed by atoms with van der Waals surface area (Å²) in [7, 11) is 0. The smallest absolute Gasteiger partial charge is 0.225 e. The predicted octanol–water partition coefficient (Wildman–Crippen LogP) is 3.64. The molecule has 2 saturated heterocycles. The first kappa shape index (κ1) is 20.9. The SMILES string of the molecule is O=C(C1CCN(C2CCCCC2)CC1)N1C[C@@H](Cc2ccnc3ccccc23)[C@H](O)C1. The number of nitrogens with zero attached hydrogens (tertiary/aromatic N) is 3. The third-order valence-corrected chi connectivity index (χ3v) is 7.91. The van der Waals surface area contributed by atoms with E-state index in [1.54, 1.807) is 0 Å². The van der Waals surface area contributed by atoms with Gasteiger partial charge < -0.3 is 14.9 Å². The number of amides is 1. The van der Waals surface area contributed by atoms with Crippen LogP contribution in [0.3, 0.4) is 0 Å². The summed E-state index contributed by atoms with van der Waals surface area (Å²) in [6.45, 7) is 3.27. The second kappa shape index (κ2) is 9.25. The molecule has 5 nitrogen and oxygen atoms in total. The number of piperidine rings is 1. The van der Waals surface area contributed by atoms with Gasteiger partial charge in [0.15, 0.2) is 0 Å². The topological polar surface area (TPSA) is 56.7 Å². The van der Waals surface area contributed by atoms with Gasteiger partial charge in [-0.15, -0.1) is 0 Å². The zero-order valence-corrected chi connectivity index (χ0v) is 18.5. The molecule has 1 aromatic carbocycles. The van der Waals surface area contributed by atoms with E-state index < -0.39 is 6.10 Å². The van der Waals surface area contributed by atoms with Crippen molar-refractivity contribution in [3.8, 4) is 0 Å². The second-order valence-electron chi connectivity index (χ2n) is 9.86. The van der Waals surface area contributed by atoms with E-state index in [-0.39, 0.29) is 17.7 Å². The molecule has 2 aromatic rings. The third kappa shape index (κ3) is 4.49. The molecule has 3 fully saturated rings. The van der Waals surface area contributed by atoms with E-state index in [1.807, 2.05) is 29.3 Å². The fraction of sp³-hybridized carbons (Fsp3) is 0.615. The molecule has 0 bridgehead atoms. The molecule has 5 heteroatoms. The molecule has 2 aliphatic heterocycles. The molecule has 0 spiro atoms. The van der Waals surface area contributed by atoms with Gasteiger partial charge in [0.05, 0.1) is 11.6 Å². The third-order valence-electron chi connectivity index (χ3n) is 7.91. The van der Waals surface area contributed by atoms with Gasteiger partial charge in [0.25, 0.3) is 0 Å². The maximum atomic E-state index is 13.2. The van der Waals surface area contributed by atoms with Crippen LogP contribution in [0.1, 0.15) is 50.5 Å². The molecule has 0 radical (unpaired) electrons. The van der Waals surface area contributed by atoms with E-state index in [2.05, 4.69) is 22.0 Å². The van der Waals surface area contributed by atoms with E-state index >= 15 is 0 Å². The van der Waals surface area contributed by atoms with E-state index in [9.17, 15) is 9.90 Å². The number of fused-ring (bicyclic) bond motifs is 1. The summed E-state index contributed by atoms with van der Waals surface area (Å²) in [5, 5.41) is 11.9. The van der Waals surface area contributed by atoms with Gasteiger partial charge in [-0.05, 0) is 62.9 Å². The molecule has 1 aliphatic carbocycles. The van der Waals surface area contributed by atoms with Gasteiger partial charge in [0, 0.05) is 42.6 Å². The molecule has 3 aliphatic rings. The Kier molecular flexibility index (Phi) is 6.24. The Morgan fingerprint density at radius 1 is 1.00 bits per heavy atom. The maximum Gasteiger partial charge on any atom is 0.225 e. The number of para-hydroxylation sites is 1. The molecule has 1 aromatic heterocycles. The van der Waals surface area contributed by atoms with Crippen LogP contribution in [0.2, 0.25) is 0 Å². The Bertz CT molecular complexity index is 897. The zero-order chi connectivity index (χ0) is 21.2. The van der Waals surface area contributed by atoms with Gasteiger partial charge in [0.2, 0.25) is 5.91 Å². The molecule has 5 rings (SSSR count). The summed E-state index contributed by atoms with van der Waals surface area (Å²) in [5.74, 6) is 0.495. The summed E-state index contributed by atoms with van der Waals surface area (Å²) in [5.41, 5.74) is 2.20. The van der Waals surface area contributed by atoms with Crippen molar-refractivity contribution in [1.82, 2.24) is 14.8 Å². The largest absolute Gasteiger partial charge is 0.391 e. The Labute approximate surface area is 185 Å². The fourth-order valence-electron chi connectivity index (χ4n) is 6.07. The number of pyridine rings is 1. The van der Waals surface area contributed by atoms with Crippen molar-refractivity contribution in [1.29, 1.82) is 0 Å². The second-order valence-corrected chi connectivity index (χ2v) is 9.86. The number of carbonyl (C=O) groups excluding carboxylic acids is 1. The minimum atomic E-state index is -0.446. The van der Waals surface area contributed by atoms with Gasteiger partial charge in [-0.3, -0.25) is 9.78 Å². The summed E-state index contributed by atoms with van der Waals surface area (Å²) in [6, 6.07) is 11.0. The number of rotatable bonds is 4. The molecule has 1 saturated carbocycles. The number of aromatic nitrogens is 1. The number of aliphatic hydroxyl groups excluding tert-OH is 1. The molecule has 3 heterocycles. The van der Waals surface area contributed by atoms with Crippen LogP contribution in [0.5, 0.6) is 0 Å². The lowest BCUT2D eigenvalue weighted by atomic mass is 9.89. The molecular formula is C26H35N3O2. The van der Waals surface area contributed by atoms with Crippen molar-refractivity contribution < 1.29 is 9.90 Å². The van der Waals surface area contributed by atoms with Crippen LogP contribution in [-0.4, -0.2) is 64.1 Å². The summed E-state index contributed by atoms with van der Waals surface area (Å²) in [4.78, 5) is 22.3. The van der Waals surface area contributed by atoms with Crippen molar-refractivity contribution in [3.05, 3.63) is 42.1 Å². The Balaban J connectivity index is 1.18. The van der Waals surface area contributed by atoms with Crippen LogP contribution in [0.15, 0.2) is 36.5 Å².